The van der Waals surface area contributed by atoms with Gasteiger partial charge in [0.05, 0.1) is 11.0 Å². The largest absolute Gasteiger partial charge is 0.358 e. The van der Waals surface area contributed by atoms with E-state index in [2.05, 4.69) is 10.4 Å². The van der Waals surface area contributed by atoms with Crippen molar-refractivity contribution in [2.45, 2.75) is 39.8 Å². The van der Waals surface area contributed by atoms with Crippen LogP contribution in [0.4, 0.5) is 11.5 Å². The molecule has 0 aliphatic heterocycles. The molecule has 0 aliphatic rings. The number of aromatic nitrogens is 2. The van der Waals surface area contributed by atoms with Gasteiger partial charge in [0.15, 0.2) is 0 Å². The first-order valence-corrected chi connectivity index (χ1v) is 7.49. The van der Waals surface area contributed by atoms with Gasteiger partial charge in [-0.05, 0) is 42.7 Å². The van der Waals surface area contributed by atoms with Crippen LogP contribution in [0.25, 0.3) is 0 Å². The maximum Gasteiger partial charge on any atom is 0.333 e. The van der Waals surface area contributed by atoms with Crippen LogP contribution in [0, 0.1) is 17.0 Å². The summed E-state index contributed by atoms with van der Waals surface area (Å²) in [6.45, 7) is 6.34. The van der Waals surface area contributed by atoms with Crippen LogP contribution >= 0.6 is 11.3 Å². The van der Waals surface area contributed by atoms with Crippen molar-refractivity contribution in [2.24, 2.45) is 0 Å². The normalized spacial score (nSPS) is 12.3. The van der Waals surface area contributed by atoms with Crippen LogP contribution in [-0.2, 0) is 6.54 Å². The third-order valence-corrected chi connectivity index (χ3v) is 3.81. The van der Waals surface area contributed by atoms with E-state index in [1.54, 1.807) is 22.9 Å². The molecule has 20 heavy (non-hydrogen) atoms. The van der Waals surface area contributed by atoms with Crippen molar-refractivity contribution < 1.29 is 4.92 Å². The third kappa shape index (κ3) is 2.82. The second kappa shape index (κ2) is 6.04. The molecule has 2 heterocycles. The number of anilines is 1. The summed E-state index contributed by atoms with van der Waals surface area (Å²) in [6, 6.07) is 2.02. The highest BCUT2D eigenvalue weighted by atomic mass is 32.1. The van der Waals surface area contributed by atoms with Crippen LogP contribution in [-0.4, -0.2) is 14.7 Å². The van der Waals surface area contributed by atoms with E-state index in [4.69, 9.17) is 0 Å². The van der Waals surface area contributed by atoms with Gasteiger partial charge < -0.3 is 5.32 Å². The van der Waals surface area contributed by atoms with Gasteiger partial charge in [-0.15, -0.1) is 0 Å². The third-order valence-electron chi connectivity index (χ3n) is 3.11. The number of nitrogens with one attached hydrogen (secondary N) is 1. The Hall–Kier alpha value is -1.89. The molecule has 2 aromatic heterocycles. The zero-order chi connectivity index (χ0) is 14.7. The molecular formula is C13H18N4O2S. The lowest BCUT2D eigenvalue weighted by Gasteiger charge is -2.14. The van der Waals surface area contributed by atoms with Crippen molar-refractivity contribution in [2.75, 3.05) is 5.32 Å². The number of hydrogen-bond donors (Lipinski definition) is 1. The van der Waals surface area contributed by atoms with E-state index in [-0.39, 0.29) is 16.7 Å². The number of thiophene rings is 1. The number of nitro groups is 1. The summed E-state index contributed by atoms with van der Waals surface area (Å²) < 4.78 is 1.69. The quantitative estimate of drug-likeness (QED) is 0.650. The number of rotatable bonds is 6. The molecule has 0 aromatic carbocycles. The van der Waals surface area contributed by atoms with Crippen molar-refractivity contribution in [3.8, 4) is 0 Å². The highest BCUT2D eigenvalue weighted by Crippen LogP contribution is 2.31. The molecule has 0 amide bonds. The molecule has 1 unspecified atom stereocenters. The van der Waals surface area contributed by atoms with Crippen molar-refractivity contribution in [3.63, 3.8) is 0 Å². The van der Waals surface area contributed by atoms with Crippen LogP contribution in [0.1, 0.15) is 37.6 Å². The lowest BCUT2D eigenvalue weighted by atomic mass is 10.2. The van der Waals surface area contributed by atoms with Gasteiger partial charge in [-0.3, -0.25) is 10.1 Å². The summed E-state index contributed by atoms with van der Waals surface area (Å²) in [6.07, 6.45) is 0.875. The molecule has 0 bridgehead atoms. The van der Waals surface area contributed by atoms with Crippen molar-refractivity contribution in [1.82, 2.24) is 9.78 Å². The fourth-order valence-electron chi connectivity index (χ4n) is 2.12. The molecule has 6 nitrogen and oxygen atoms in total. The lowest BCUT2D eigenvalue weighted by Crippen LogP contribution is -2.12. The van der Waals surface area contributed by atoms with Gasteiger partial charge in [0.25, 0.3) is 0 Å². The molecule has 0 spiro atoms. The number of aryl methyl sites for hydroxylation is 2. The van der Waals surface area contributed by atoms with Crippen molar-refractivity contribution in [1.29, 1.82) is 0 Å². The van der Waals surface area contributed by atoms with Crippen molar-refractivity contribution >= 4 is 22.8 Å². The van der Waals surface area contributed by atoms with E-state index >= 15 is 0 Å². The summed E-state index contributed by atoms with van der Waals surface area (Å²) in [4.78, 5) is 10.9. The molecule has 0 radical (unpaired) electrons. The lowest BCUT2D eigenvalue weighted by molar-refractivity contribution is -0.384. The summed E-state index contributed by atoms with van der Waals surface area (Å²) >= 11 is 1.61. The SMILES string of the molecule is CCCn1nc(C)c([N+](=O)[O-])c1NC(C)c1ccsc1. The molecule has 0 saturated heterocycles. The zero-order valence-corrected chi connectivity index (χ0v) is 12.6. The predicted molar refractivity (Wildman–Crippen MR) is 80.3 cm³/mol. The summed E-state index contributed by atoms with van der Waals surface area (Å²) in [5.74, 6) is 0.494. The Bertz CT molecular complexity index is 592. The molecule has 7 heteroatoms. The van der Waals surface area contributed by atoms with Crippen LogP contribution in [0.2, 0.25) is 0 Å². The molecule has 1 atom stereocenters. The molecule has 2 aromatic rings. The first-order valence-electron chi connectivity index (χ1n) is 6.55. The monoisotopic (exact) mass is 294 g/mol. The Labute approximate surface area is 121 Å². The Kier molecular flexibility index (Phi) is 4.39. The van der Waals surface area contributed by atoms with Gasteiger partial charge in [0, 0.05) is 6.54 Å². The fourth-order valence-corrected chi connectivity index (χ4v) is 2.87. The summed E-state index contributed by atoms with van der Waals surface area (Å²) in [5, 5.41) is 22.8. The van der Waals surface area contributed by atoms with Crippen LogP contribution in [0.3, 0.4) is 0 Å². The molecule has 2 rings (SSSR count). The molecule has 108 valence electrons. The summed E-state index contributed by atoms with van der Waals surface area (Å²) in [7, 11) is 0. The maximum absolute atomic E-state index is 11.2. The highest BCUT2D eigenvalue weighted by molar-refractivity contribution is 7.07. The Balaban J connectivity index is 2.35. The van der Waals surface area contributed by atoms with E-state index in [0.29, 0.717) is 18.1 Å². The smallest absolute Gasteiger partial charge is 0.333 e. The highest BCUT2D eigenvalue weighted by Gasteiger charge is 2.26. The zero-order valence-electron chi connectivity index (χ0n) is 11.8. The van der Waals surface area contributed by atoms with Gasteiger partial charge in [0.2, 0.25) is 5.82 Å². The number of nitrogens with zero attached hydrogens (tertiary/aromatic N) is 3. The Morgan fingerprint density at radius 3 is 2.90 bits per heavy atom. The van der Waals surface area contributed by atoms with E-state index in [9.17, 15) is 10.1 Å². The second-order valence-electron chi connectivity index (χ2n) is 4.69. The van der Waals surface area contributed by atoms with Gasteiger partial charge >= 0.3 is 5.69 Å². The topological polar surface area (TPSA) is 73.0 Å². The summed E-state index contributed by atoms with van der Waals surface area (Å²) in [5.41, 5.74) is 1.63. The van der Waals surface area contributed by atoms with E-state index < -0.39 is 0 Å². The molecule has 0 saturated carbocycles. The second-order valence-corrected chi connectivity index (χ2v) is 5.47. The van der Waals surface area contributed by atoms with Crippen LogP contribution in [0.15, 0.2) is 16.8 Å². The maximum atomic E-state index is 11.2. The van der Waals surface area contributed by atoms with Gasteiger partial charge in [-0.2, -0.15) is 16.4 Å². The Morgan fingerprint density at radius 2 is 2.35 bits per heavy atom. The Morgan fingerprint density at radius 1 is 1.60 bits per heavy atom. The molecule has 0 fully saturated rings. The fraction of sp³-hybridized carbons (Fsp3) is 0.462. The van der Waals surface area contributed by atoms with Gasteiger partial charge in [0.1, 0.15) is 5.69 Å². The molecule has 0 aliphatic carbocycles. The first-order chi connectivity index (χ1) is 9.54. The minimum absolute atomic E-state index is 0.00616. The predicted octanol–water partition coefficient (Wildman–Crippen LogP) is 3.74. The minimum Gasteiger partial charge on any atom is -0.358 e. The average Bonchev–Trinajstić information content (AvgIpc) is 2.98. The van der Waals surface area contributed by atoms with E-state index in [1.165, 1.54) is 0 Å². The first kappa shape index (κ1) is 14.5. The van der Waals surface area contributed by atoms with Gasteiger partial charge in [-0.1, -0.05) is 6.92 Å². The number of hydrogen-bond acceptors (Lipinski definition) is 5. The van der Waals surface area contributed by atoms with Gasteiger partial charge in [-0.25, -0.2) is 4.68 Å². The molecule has 1 N–H and O–H groups in total. The van der Waals surface area contributed by atoms with Crippen molar-refractivity contribution in [3.05, 3.63) is 38.2 Å². The average molecular weight is 294 g/mol. The van der Waals surface area contributed by atoms with Crippen LogP contribution < -0.4 is 5.32 Å². The van der Waals surface area contributed by atoms with E-state index in [1.807, 2.05) is 30.7 Å². The standard InChI is InChI=1S/C13H18N4O2S/c1-4-6-16-13(12(17(18)19)10(3)15-16)14-9(2)11-5-7-20-8-11/h5,7-9,14H,4,6H2,1-3H3. The molecular weight excluding hydrogens is 276 g/mol. The minimum atomic E-state index is -0.364. The van der Waals surface area contributed by atoms with Crippen LogP contribution in [0.5, 0.6) is 0 Å². The van der Waals surface area contributed by atoms with E-state index in [0.717, 1.165) is 12.0 Å².